The lowest BCUT2D eigenvalue weighted by Gasteiger charge is -2.38. The first-order chi connectivity index (χ1) is 23.9. The van der Waals surface area contributed by atoms with Crippen LogP contribution in [0.1, 0.15) is 62.0 Å². The SMILES string of the molecule is N=C(N)NCCCC(NC(=O)C(NC(=O)[C@@H]1CCCCN1C(=O)C(CCC(=O)O)NC(=O)CCl)C(c1ccccc1)c1ccccc1)C(N)=O. The molecule has 3 rings (SSSR count). The van der Waals surface area contributed by atoms with Gasteiger partial charge in [-0.05, 0) is 49.7 Å². The van der Waals surface area contributed by atoms with Crippen LogP contribution in [0.15, 0.2) is 60.7 Å². The molecule has 1 saturated heterocycles. The van der Waals surface area contributed by atoms with Crippen molar-refractivity contribution in [2.24, 2.45) is 11.5 Å². The zero-order chi connectivity index (χ0) is 36.6. The van der Waals surface area contributed by atoms with Gasteiger partial charge in [-0.1, -0.05) is 60.7 Å². The second-order valence-electron chi connectivity index (χ2n) is 12.0. The van der Waals surface area contributed by atoms with Crippen molar-refractivity contribution in [1.82, 2.24) is 26.2 Å². The minimum atomic E-state index is -1.29. The summed E-state index contributed by atoms with van der Waals surface area (Å²) in [6.07, 6.45) is 1.24. The molecule has 0 bridgehead atoms. The third-order valence-electron chi connectivity index (χ3n) is 8.37. The number of nitrogens with two attached hydrogens (primary N) is 2. The molecule has 50 heavy (non-hydrogen) atoms. The summed E-state index contributed by atoms with van der Waals surface area (Å²) < 4.78 is 0. The lowest BCUT2D eigenvalue weighted by molar-refractivity contribution is -0.146. The molecule has 15 nitrogen and oxygen atoms in total. The number of carboxylic acids is 1. The summed E-state index contributed by atoms with van der Waals surface area (Å²) in [5.41, 5.74) is 12.4. The predicted octanol–water partition coefficient (Wildman–Crippen LogP) is 0.506. The summed E-state index contributed by atoms with van der Waals surface area (Å²) in [5, 5.41) is 27.3. The molecule has 2 aromatic rings. The summed E-state index contributed by atoms with van der Waals surface area (Å²) >= 11 is 5.65. The Balaban J connectivity index is 1.99. The van der Waals surface area contributed by atoms with Crippen LogP contribution in [0.4, 0.5) is 0 Å². The number of carboxylic acid groups (broad SMARTS) is 1. The van der Waals surface area contributed by atoms with Gasteiger partial charge in [-0.3, -0.25) is 34.2 Å². The third kappa shape index (κ3) is 11.8. The van der Waals surface area contributed by atoms with Crippen LogP contribution < -0.4 is 32.7 Å². The molecule has 16 heteroatoms. The number of nitrogens with zero attached hydrogens (tertiary/aromatic N) is 1. The van der Waals surface area contributed by atoms with E-state index in [4.69, 9.17) is 28.5 Å². The van der Waals surface area contributed by atoms with Crippen molar-refractivity contribution in [2.45, 2.75) is 75.0 Å². The smallest absolute Gasteiger partial charge is 0.303 e. The molecule has 0 saturated carbocycles. The molecule has 1 fully saturated rings. The van der Waals surface area contributed by atoms with Gasteiger partial charge in [0.2, 0.25) is 29.5 Å². The standard InChI is InChI=1S/C34H45ClN8O7/c35-20-26(44)40-24(16-17-27(45)46)33(50)43-19-8-7-15-25(43)31(48)42-29(32(49)41-23(30(36)47)14-9-18-39-34(37)38)28(21-10-3-1-4-11-21)22-12-5-2-6-13-22/h1-6,10-13,23-25,28-29H,7-9,14-20H2,(H2,36,47)(H,40,44)(H,41,49)(H,42,48)(H,45,46)(H4,37,38,39)/t23?,24?,25-,29?/m0/s1. The molecule has 0 aromatic heterocycles. The molecule has 4 atom stereocenters. The number of aliphatic carboxylic acids is 1. The average molecular weight is 713 g/mol. The number of carbonyl (C=O) groups excluding carboxylic acids is 5. The number of primary amides is 1. The number of hydrogen-bond acceptors (Lipinski definition) is 7. The molecule has 0 aliphatic carbocycles. The molecule has 5 amide bonds. The van der Waals surface area contributed by atoms with Crippen molar-refractivity contribution in [3.05, 3.63) is 71.8 Å². The van der Waals surface area contributed by atoms with E-state index in [1.807, 2.05) is 36.4 Å². The predicted molar refractivity (Wildman–Crippen MR) is 186 cm³/mol. The number of rotatable bonds is 18. The number of hydrogen-bond donors (Lipinski definition) is 8. The normalized spacial score (nSPS) is 16.0. The zero-order valence-corrected chi connectivity index (χ0v) is 28.4. The Hall–Kier alpha value is -5.18. The van der Waals surface area contributed by atoms with Gasteiger partial charge in [0, 0.05) is 25.4 Å². The van der Waals surface area contributed by atoms with E-state index in [1.165, 1.54) is 4.90 Å². The number of guanidine groups is 1. The Labute approximate surface area is 295 Å². The first-order valence-electron chi connectivity index (χ1n) is 16.4. The van der Waals surface area contributed by atoms with E-state index in [9.17, 15) is 33.9 Å². The van der Waals surface area contributed by atoms with E-state index in [0.29, 0.717) is 30.4 Å². The Morgan fingerprint density at radius 2 is 1.50 bits per heavy atom. The van der Waals surface area contributed by atoms with Gasteiger partial charge >= 0.3 is 5.97 Å². The highest BCUT2D eigenvalue weighted by Gasteiger charge is 2.40. The van der Waals surface area contributed by atoms with E-state index in [0.717, 1.165) is 0 Å². The van der Waals surface area contributed by atoms with Gasteiger partial charge < -0.3 is 42.7 Å². The Morgan fingerprint density at radius 3 is 2.04 bits per heavy atom. The maximum atomic E-state index is 14.2. The number of amides is 5. The van der Waals surface area contributed by atoms with Crippen LogP contribution in [0.5, 0.6) is 0 Å². The van der Waals surface area contributed by atoms with E-state index >= 15 is 0 Å². The third-order valence-corrected chi connectivity index (χ3v) is 8.61. The molecular weight excluding hydrogens is 668 g/mol. The first-order valence-corrected chi connectivity index (χ1v) is 16.9. The van der Waals surface area contributed by atoms with Gasteiger partial charge in [0.1, 0.15) is 30.0 Å². The fourth-order valence-electron chi connectivity index (χ4n) is 5.95. The van der Waals surface area contributed by atoms with Gasteiger partial charge in [-0.25, -0.2) is 0 Å². The van der Waals surface area contributed by atoms with Crippen LogP contribution in [-0.2, 0) is 28.8 Å². The van der Waals surface area contributed by atoms with Crippen LogP contribution in [0.2, 0.25) is 0 Å². The average Bonchev–Trinajstić information content (AvgIpc) is 3.11. The number of carbonyl (C=O) groups is 6. The highest BCUT2D eigenvalue weighted by molar-refractivity contribution is 6.27. The summed E-state index contributed by atoms with van der Waals surface area (Å²) in [7, 11) is 0. The molecule has 3 unspecified atom stereocenters. The van der Waals surface area contributed by atoms with Gasteiger partial charge in [0.05, 0.1) is 0 Å². The maximum absolute atomic E-state index is 14.2. The van der Waals surface area contributed by atoms with Crippen molar-refractivity contribution in [3.63, 3.8) is 0 Å². The zero-order valence-electron chi connectivity index (χ0n) is 27.6. The number of benzene rings is 2. The Bertz CT molecular complexity index is 1460. The molecule has 10 N–H and O–H groups in total. The fourth-order valence-corrected chi connectivity index (χ4v) is 6.03. The molecule has 0 spiro atoms. The van der Waals surface area contributed by atoms with Gasteiger partial charge in [0.25, 0.3) is 0 Å². The highest BCUT2D eigenvalue weighted by Crippen LogP contribution is 2.29. The van der Waals surface area contributed by atoms with E-state index in [-0.39, 0.29) is 38.3 Å². The minimum absolute atomic E-state index is 0.125. The second kappa shape index (κ2) is 19.7. The summed E-state index contributed by atoms with van der Waals surface area (Å²) in [5.74, 6) is -6.03. The first kappa shape index (κ1) is 39.3. The Morgan fingerprint density at radius 1 is 0.880 bits per heavy atom. The number of halogens is 1. The molecule has 2 aromatic carbocycles. The quantitative estimate of drug-likeness (QED) is 0.0463. The van der Waals surface area contributed by atoms with E-state index < -0.39 is 77.9 Å². The highest BCUT2D eigenvalue weighted by atomic mass is 35.5. The van der Waals surface area contributed by atoms with Crippen molar-refractivity contribution in [2.75, 3.05) is 19.0 Å². The van der Waals surface area contributed by atoms with E-state index in [2.05, 4.69) is 21.3 Å². The topological polar surface area (TPSA) is 250 Å². The van der Waals surface area contributed by atoms with Crippen molar-refractivity contribution in [1.29, 1.82) is 5.41 Å². The molecule has 0 radical (unpaired) electrons. The van der Waals surface area contributed by atoms with Gasteiger partial charge in [-0.2, -0.15) is 0 Å². The number of likely N-dealkylation sites (tertiary alicyclic amines) is 1. The maximum Gasteiger partial charge on any atom is 0.303 e. The summed E-state index contributed by atoms with van der Waals surface area (Å²) in [6.45, 7) is 0.420. The van der Waals surface area contributed by atoms with Crippen LogP contribution in [-0.4, -0.2) is 94.6 Å². The van der Waals surface area contributed by atoms with Crippen LogP contribution in [0.25, 0.3) is 0 Å². The number of nitrogens with one attached hydrogen (secondary N) is 5. The fraction of sp³-hybridized carbons (Fsp3) is 0.441. The Kier molecular flexibility index (Phi) is 15.5. The van der Waals surface area contributed by atoms with E-state index in [1.54, 1.807) is 24.3 Å². The number of alkyl halides is 1. The largest absolute Gasteiger partial charge is 0.481 e. The van der Waals surface area contributed by atoms with Crippen LogP contribution in [0.3, 0.4) is 0 Å². The minimum Gasteiger partial charge on any atom is -0.481 e. The molecule has 1 aliphatic heterocycles. The summed E-state index contributed by atoms with van der Waals surface area (Å²) in [6, 6.07) is 13.4. The lowest BCUT2D eigenvalue weighted by Crippen LogP contribution is -2.61. The van der Waals surface area contributed by atoms with Crippen molar-refractivity contribution >= 4 is 53.1 Å². The monoisotopic (exact) mass is 712 g/mol. The molecule has 270 valence electrons. The van der Waals surface area contributed by atoms with Crippen LogP contribution in [0, 0.1) is 5.41 Å². The summed E-state index contributed by atoms with van der Waals surface area (Å²) in [4.78, 5) is 79.5. The lowest BCUT2D eigenvalue weighted by atomic mass is 9.84. The molecule has 1 aliphatic rings. The second-order valence-corrected chi connectivity index (χ2v) is 12.2. The van der Waals surface area contributed by atoms with Crippen molar-refractivity contribution in [3.8, 4) is 0 Å². The van der Waals surface area contributed by atoms with Gasteiger partial charge in [0.15, 0.2) is 5.96 Å². The van der Waals surface area contributed by atoms with Gasteiger partial charge in [-0.15, -0.1) is 11.6 Å². The van der Waals surface area contributed by atoms with Crippen LogP contribution >= 0.6 is 11.6 Å². The molecular formula is C34H45ClN8O7. The molecule has 1 heterocycles. The van der Waals surface area contributed by atoms with Crippen molar-refractivity contribution < 1.29 is 33.9 Å². The number of piperidine rings is 1.